The van der Waals surface area contributed by atoms with Gasteiger partial charge in [0.1, 0.15) is 5.01 Å². The minimum atomic E-state index is -0.0660. The van der Waals surface area contributed by atoms with E-state index in [0.717, 1.165) is 29.4 Å². The molecule has 0 unspecified atom stereocenters. The lowest BCUT2D eigenvalue weighted by Crippen LogP contribution is -2.33. The zero-order valence-corrected chi connectivity index (χ0v) is 16.2. The van der Waals surface area contributed by atoms with E-state index in [0.29, 0.717) is 18.7 Å². The van der Waals surface area contributed by atoms with Gasteiger partial charge in [-0.25, -0.2) is 4.98 Å². The Morgan fingerprint density at radius 1 is 1.25 bits per heavy atom. The summed E-state index contributed by atoms with van der Waals surface area (Å²) < 4.78 is 4.94. The number of amides is 1. The molecule has 8 heteroatoms. The van der Waals surface area contributed by atoms with Crippen LogP contribution in [-0.4, -0.2) is 44.2 Å². The second-order valence-corrected chi connectivity index (χ2v) is 5.73. The zero-order chi connectivity index (χ0) is 15.8. The minimum Gasteiger partial charge on any atom is -0.383 e. The van der Waals surface area contributed by atoms with Gasteiger partial charge in [-0.15, -0.1) is 36.2 Å². The Labute approximate surface area is 159 Å². The fourth-order valence-corrected chi connectivity index (χ4v) is 2.74. The number of hydrogen-bond acceptors (Lipinski definition) is 5. The Morgan fingerprint density at radius 3 is 2.71 bits per heavy atom. The van der Waals surface area contributed by atoms with Gasteiger partial charge >= 0.3 is 0 Å². The van der Waals surface area contributed by atoms with Crippen molar-refractivity contribution in [2.24, 2.45) is 0 Å². The molecule has 0 radical (unpaired) electrons. The fourth-order valence-electron chi connectivity index (χ4n) is 1.95. The number of aryl methyl sites for hydroxylation is 1. The van der Waals surface area contributed by atoms with Crippen LogP contribution in [0.2, 0.25) is 0 Å². The molecule has 0 aliphatic carbocycles. The molecule has 1 heterocycles. The van der Waals surface area contributed by atoms with Gasteiger partial charge in [-0.05, 0) is 19.1 Å². The second kappa shape index (κ2) is 12.2. The van der Waals surface area contributed by atoms with E-state index in [1.165, 1.54) is 0 Å². The maximum atomic E-state index is 12.1. The monoisotopic (exact) mass is 391 g/mol. The number of rotatable bonds is 8. The van der Waals surface area contributed by atoms with Crippen molar-refractivity contribution in [3.8, 4) is 10.6 Å². The molecule has 1 aromatic carbocycles. The standard InChI is InChI=1S/C16H21N3O2S.2ClH/c1-12-11-22-16(19-12)14-5-3-4-13(10-14)15(20)18-7-6-17-8-9-21-2;;/h3-5,10-11,17H,6-9H2,1-2H3,(H,18,20);2*1H. The summed E-state index contributed by atoms with van der Waals surface area (Å²) in [6, 6.07) is 7.56. The number of carbonyl (C=O) groups is 1. The molecular weight excluding hydrogens is 369 g/mol. The van der Waals surface area contributed by atoms with Crippen LogP contribution in [0.3, 0.4) is 0 Å². The highest BCUT2D eigenvalue weighted by atomic mass is 35.5. The van der Waals surface area contributed by atoms with Crippen molar-refractivity contribution in [1.29, 1.82) is 0 Å². The minimum absolute atomic E-state index is 0. The molecule has 0 saturated heterocycles. The molecule has 5 nitrogen and oxygen atoms in total. The number of nitrogens with one attached hydrogen (secondary N) is 2. The fraction of sp³-hybridized carbons (Fsp3) is 0.375. The van der Waals surface area contributed by atoms with Crippen molar-refractivity contribution in [3.05, 3.63) is 40.9 Å². The summed E-state index contributed by atoms with van der Waals surface area (Å²) in [5.74, 6) is -0.0660. The van der Waals surface area contributed by atoms with Crippen LogP contribution < -0.4 is 10.6 Å². The van der Waals surface area contributed by atoms with Gasteiger partial charge in [0.05, 0.1) is 6.61 Å². The number of methoxy groups -OCH3 is 1. The topological polar surface area (TPSA) is 63.2 Å². The largest absolute Gasteiger partial charge is 0.383 e. The number of carbonyl (C=O) groups excluding carboxylic acids is 1. The average Bonchev–Trinajstić information content (AvgIpc) is 2.97. The Hall–Kier alpha value is -1.18. The molecule has 2 rings (SSSR count). The molecule has 1 amide bonds. The van der Waals surface area contributed by atoms with Crippen molar-refractivity contribution < 1.29 is 9.53 Å². The van der Waals surface area contributed by atoms with Crippen LogP contribution in [0.4, 0.5) is 0 Å². The maximum Gasteiger partial charge on any atom is 0.251 e. The van der Waals surface area contributed by atoms with Crippen LogP contribution in [0, 0.1) is 6.92 Å². The Kier molecular flexibility index (Phi) is 11.6. The Bertz CT molecular complexity index is 623. The first-order valence-electron chi connectivity index (χ1n) is 7.21. The smallest absolute Gasteiger partial charge is 0.251 e. The zero-order valence-electron chi connectivity index (χ0n) is 13.7. The third kappa shape index (κ3) is 7.15. The van der Waals surface area contributed by atoms with Gasteiger partial charge in [-0.3, -0.25) is 4.79 Å². The van der Waals surface area contributed by atoms with Gasteiger partial charge in [-0.1, -0.05) is 12.1 Å². The summed E-state index contributed by atoms with van der Waals surface area (Å²) >= 11 is 1.59. The number of ether oxygens (including phenoxy) is 1. The highest BCUT2D eigenvalue weighted by Gasteiger charge is 2.08. The number of halogens is 2. The van der Waals surface area contributed by atoms with E-state index in [1.807, 2.05) is 36.6 Å². The molecule has 2 N–H and O–H groups in total. The first-order valence-corrected chi connectivity index (χ1v) is 8.09. The summed E-state index contributed by atoms with van der Waals surface area (Å²) in [6.45, 7) is 4.73. The quantitative estimate of drug-likeness (QED) is 0.679. The van der Waals surface area contributed by atoms with E-state index in [1.54, 1.807) is 18.4 Å². The molecule has 0 fully saturated rings. The lowest BCUT2D eigenvalue weighted by Gasteiger charge is -2.07. The second-order valence-electron chi connectivity index (χ2n) is 4.87. The van der Waals surface area contributed by atoms with Crippen molar-refractivity contribution >= 4 is 42.1 Å². The summed E-state index contributed by atoms with van der Waals surface area (Å²) in [5, 5.41) is 9.03. The first kappa shape index (κ1) is 22.8. The average molecular weight is 392 g/mol. The highest BCUT2D eigenvalue weighted by molar-refractivity contribution is 7.13. The Morgan fingerprint density at radius 2 is 2.04 bits per heavy atom. The van der Waals surface area contributed by atoms with E-state index < -0.39 is 0 Å². The summed E-state index contributed by atoms with van der Waals surface area (Å²) in [6.07, 6.45) is 0. The van der Waals surface area contributed by atoms with Crippen LogP contribution in [0.15, 0.2) is 29.6 Å². The highest BCUT2D eigenvalue weighted by Crippen LogP contribution is 2.24. The molecule has 0 atom stereocenters. The number of aromatic nitrogens is 1. The number of hydrogen-bond donors (Lipinski definition) is 2. The lowest BCUT2D eigenvalue weighted by atomic mass is 10.1. The Balaban J connectivity index is 0.00000264. The van der Waals surface area contributed by atoms with Crippen LogP contribution in [0.5, 0.6) is 0 Å². The van der Waals surface area contributed by atoms with Crippen LogP contribution in [0.1, 0.15) is 16.1 Å². The lowest BCUT2D eigenvalue weighted by molar-refractivity contribution is 0.0953. The molecule has 0 bridgehead atoms. The normalized spacial score (nSPS) is 9.75. The van der Waals surface area contributed by atoms with E-state index in [4.69, 9.17) is 4.74 Å². The molecule has 2 aromatic rings. The molecule has 0 saturated carbocycles. The van der Waals surface area contributed by atoms with Gasteiger partial charge in [0.2, 0.25) is 0 Å². The summed E-state index contributed by atoms with van der Waals surface area (Å²) in [5.41, 5.74) is 2.63. The predicted molar refractivity (Wildman–Crippen MR) is 104 cm³/mol. The molecule has 1 aromatic heterocycles. The summed E-state index contributed by atoms with van der Waals surface area (Å²) in [7, 11) is 1.67. The third-order valence-electron chi connectivity index (χ3n) is 3.06. The molecule has 0 spiro atoms. The van der Waals surface area contributed by atoms with Gasteiger partial charge in [0.25, 0.3) is 5.91 Å². The first-order chi connectivity index (χ1) is 10.7. The molecule has 0 aliphatic rings. The van der Waals surface area contributed by atoms with Gasteiger partial charge in [0.15, 0.2) is 0 Å². The van der Waals surface area contributed by atoms with Crippen molar-refractivity contribution in [2.45, 2.75) is 6.92 Å². The summed E-state index contributed by atoms with van der Waals surface area (Å²) in [4.78, 5) is 16.6. The SMILES string of the molecule is COCCNCCNC(=O)c1cccc(-c2nc(C)cs2)c1.Cl.Cl. The predicted octanol–water partition coefficient (Wildman–Crippen LogP) is 2.93. The van der Waals surface area contributed by atoms with Crippen molar-refractivity contribution in [2.75, 3.05) is 33.4 Å². The van der Waals surface area contributed by atoms with Crippen molar-refractivity contribution in [1.82, 2.24) is 15.6 Å². The van der Waals surface area contributed by atoms with E-state index >= 15 is 0 Å². The maximum absolute atomic E-state index is 12.1. The number of thiazole rings is 1. The van der Waals surface area contributed by atoms with E-state index in [2.05, 4.69) is 15.6 Å². The van der Waals surface area contributed by atoms with Gasteiger partial charge in [-0.2, -0.15) is 0 Å². The van der Waals surface area contributed by atoms with Gasteiger partial charge in [0, 0.05) is 48.9 Å². The van der Waals surface area contributed by atoms with Crippen LogP contribution in [-0.2, 0) is 4.74 Å². The van der Waals surface area contributed by atoms with E-state index in [-0.39, 0.29) is 30.7 Å². The van der Waals surface area contributed by atoms with Gasteiger partial charge < -0.3 is 15.4 Å². The molecule has 0 aliphatic heterocycles. The van der Waals surface area contributed by atoms with Crippen LogP contribution in [0.25, 0.3) is 10.6 Å². The number of benzene rings is 1. The third-order valence-corrected chi connectivity index (χ3v) is 4.07. The van der Waals surface area contributed by atoms with E-state index in [9.17, 15) is 4.79 Å². The number of nitrogens with zero attached hydrogens (tertiary/aromatic N) is 1. The molecule has 24 heavy (non-hydrogen) atoms. The van der Waals surface area contributed by atoms with Crippen molar-refractivity contribution in [3.63, 3.8) is 0 Å². The molecular formula is C16H23Cl2N3O2S. The molecule has 134 valence electrons. The van der Waals surface area contributed by atoms with Crippen LogP contribution >= 0.6 is 36.2 Å².